The van der Waals surface area contributed by atoms with E-state index in [1.165, 1.54) is 4.90 Å². The van der Waals surface area contributed by atoms with E-state index in [4.69, 9.17) is 5.73 Å². The second-order valence-electron chi connectivity index (χ2n) is 3.21. The van der Waals surface area contributed by atoms with Crippen LogP contribution in [-0.2, 0) is 6.54 Å². The number of pyridine rings is 1. The van der Waals surface area contributed by atoms with Gasteiger partial charge in [-0.25, -0.2) is 0 Å². The van der Waals surface area contributed by atoms with Crippen LogP contribution in [0.15, 0.2) is 56.9 Å². The molecule has 1 aromatic carbocycles. The van der Waals surface area contributed by atoms with Crippen LogP contribution < -0.4 is 5.73 Å². The number of hydrogen-bond acceptors (Lipinski definition) is 3. The van der Waals surface area contributed by atoms with Gasteiger partial charge < -0.3 is 5.73 Å². The lowest BCUT2D eigenvalue weighted by Gasteiger charge is -2.05. The molecule has 16 heavy (non-hydrogen) atoms. The first-order valence-electron chi connectivity index (χ1n) is 4.87. The summed E-state index contributed by atoms with van der Waals surface area (Å²) >= 11 is 5.10. The van der Waals surface area contributed by atoms with Crippen molar-refractivity contribution in [3.05, 3.63) is 52.8 Å². The van der Waals surface area contributed by atoms with Crippen LogP contribution in [0.5, 0.6) is 0 Å². The molecule has 0 atom stereocenters. The smallest absolute Gasteiger partial charge is 0.0678 e. The highest BCUT2D eigenvalue weighted by molar-refractivity contribution is 9.10. The average molecular weight is 295 g/mol. The Hall–Kier alpha value is -0.840. The quantitative estimate of drug-likeness (QED) is 0.942. The number of halogens is 1. The molecule has 0 fully saturated rings. The molecule has 1 aromatic heterocycles. The summed E-state index contributed by atoms with van der Waals surface area (Å²) in [6, 6.07) is 12.2. The molecule has 0 aliphatic heterocycles. The molecule has 0 amide bonds. The highest BCUT2D eigenvalue weighted by Gasteiger charge is 2.03. The predicted molar refractivity (Wildman–Crippen MR) is 70.4 cm³/mol. The molecule has 4 heteroatoms. The van der Waals surface area contributed by atoms with Crippen LogP contribution in [0, 0.1) is 0 Å². The fraction of sp³-hybridized carbons (Fsp3) is 0.0833. The molecule has 0 saturated carbocycles. The third-order valence-corrected chi connectivity index (χ3v) is 3.71. The Balaban J connectivity index is 2.23. The van der Waals surface area contributed by atoms with Gasteiger partial charge in [-0.3, -0.25) is 4.98 Å². The molecule has 0 saturated heterocycles. The molecule has 0 radical (unpaired) electrons. The van der Waals surface area contributed by atoms with Crippen LogP contribution in [0.2, 0.25) is 0 Å². The van der Waals surface area contributed by atoms with Crippen LogP contribution in [-0.4, -0.2) is 4.98 Å². The Morgan fingerprint density at radius 2 is 1.94 bits per heavy atom. The summed E-state index contributed by atoms with van der Waals surface area (Å²) < 4.78 is 1.09. The fourth-order valence-electron chi connectivity index (χ4n) is 1.30. The number of hydrogen-bond donors (Lipinski definition) is 1. The van der Waals surface area contributed by atoms with E-state index >= 15 is 0 Å². The second kappa shape index (κ2) is 5.48. The van der Waals surface area contributed by atoms with Crippen LogP contribution in [0.1, 0.15) is 5.69 Å². The monoisotopic (exact) mass is 294 g/mol. The van der Waals surface area contributed by atoms with Crippen molar-refractivity contribution in [2.75, 3.05) is 0 Å². The molecule has 2 N–H and O–H groups in total. The van der Waals surface area contributed by atoms with Crippen molar-refractivity contribution in [3.8, 4) is 0 Å². The van der Waals surface area contributed by atoms with E-state index < -0.39 is 0 Å². The lowest BCUT2D eigenvalue weighted by Crippen LogP contribution is -2.00. The predicted octanol–water partition coefficient (Wildman–Crippen LogP) is 3.45. The first-order chi connectivity index (χ1) is 7.79. The van der Waals surface area contributed by atoms with E-state index in [1.54, 1.807) is 18.0 Å². The summed E-state index contributed by atoms with van der Waals surface area (Å²) in [5.41, 5.74) is 6.59. The molecule has 0 aliphatic carbocycles. The minimum absolute atomic E-state index is 0.472. The Kier molecular flexibility index (Phi) is 3.98. The van der Waals surface area contributed by atoms with Gasteiger partial charge >= 0.3 is 0 Å². The van der Waals surface area contributed by atoms with Gasteiger partial charge in [0, 0.05) is 27.0 Å². The Morgan fingerprint density at radius 1 is 1.19 bits per heavy atom. The maximum atomic E-state index is 5.65. The van der Waals surface area contributed by atoms with Gasteiger partial charge in [-0.15, -0.1) is 0 Å². The molecule has 0 spiro atoms. The summed E-state index contributed by atoms with van der Waals surface area (Å²) in [7, 11) is 0. The number of aromatic nitrogens is 1. The van der Waals surface area contributed by atoms with Gasteiger partial charge in [0.1, 0.15) is 0 Å². The molecule has 2 rings (SSSR count). The average Bonchev–Trinajstić information content (AvgIpc) is 2.33. The maximum absolute atomic E-state index is 5.65. The van der Waals surface area contributed by atoms with E-state index in [9.17, 15) is 0 Å². The van der Waals surface area contributed by atoms with Gasteiger partial charge in [0.25, 0.3) is 0 Å². The van der Waals surface area contributed by atoms with Crippen LogP contribution >= 0.6 is 27.7 Å². The fourth-order valence-corrected chi connectivity index (χ4v) is 2.49. The van der Waals surface area contributed by atoms with Gasteiger partial charge in [-0.05, 0) is 36.4 Å². The van der Waals surface area contributed by atoms with Crippen molar-refractivity contribution in [1.82, 2.24) is 4.98 Å². The maximum Gasteiger partial charge on any atom is 0.0678 e. The largest absolute Gasteiger partial charge is 0.325 e. The Labute approximate surface area is 107 Å². The number of rotatable bonds is 3. The zero-order valence-electron chi connectivity index (χ0n) is 8.56. The molecule has 2 aromatic rings. The molecule has 0 aliphatic rings. The van der Waals surface area contributed by atoms with E-state index in [0.29, 0.717) is 6.54 Å². The van der Waals surface area contributed by atoms with Crippen molar-refractivity contribution >= 4 is 27.7 Å². The SMILES string of the molecule is NCc1ncccc1Sc1ccc(Br)cc1. The van der Waals surface area contributed by atoms with Gasteiger partial charge in [0.05, 0.1) is 5.69 Å². The van der Waals surface area contributed by atoms with Crippen molar-refractivity contribution in [3.63, 3.8) is 0 Å². The summed E-state index contributed by atoms with van der Waals surface area (Å²) in [5.74, 6) is 0. The standard InChI is InChI=1S/C12H11BrN2S/c13-9-3-5-10(6-4-9)16-12-2-1-7-15-11(12)8-14/h1-7H,8,14H2. The van der Waals surface area contributed by atoms with Gasteiger partial charge in [-0.1, -0.05) is 27.7 Å². The Morgan fingerprint density at radius 3 is 2.62 bits per heavy atom. The van der Waals surface area contributed by atoms with E-state index in [0.717, 1.165) is 15.1 Å². The van der Waals surface area contributed by atoms with Crippen molar-refractivity contribution in [1.29, 1.82) is 0 Å². The van der Waals surface area contributed by atoms with E-state index in [1.807, 2.05) is 24.3 Å². The van der Waals surface area contributed by atoms with E-state index in [2.05, 4.69) is 33.0 Å². The second-order valence-corrected chi connectivity index (χ2v) is 5.24. The third-order valence-electron chi connectivity index (χ3n) is 2.08. The molecule has 0 unspecified atom stereocenters. The van der Waals surface area contributed by atoms with Crippen molar-refractivity contribution in [2.24, 2.45) is 5.73 Å². The number of nitrogens with zero attached hydrogens (tertiary/aromatic N) is 1. The molecular weight excluding hydrogens is 284 g/mol. The normalized spacial score (nSPS) is 10.4. The molecular formula is C12H11BrN2S. The lowest BCUT2D eigenvalue weighted by atomic mass is 10.3. The van der Waals surface area contributed by atoms with Crippen molar-refractivity contribution in [2.45, 2.75) is 16.3 Å². The third kappa shape index (κ3) is 2.84. The zero-order valence-corrected chi connectivity index (χ0v) is 11.0. The minimum Gasteiger partial charge on any atom is -0.325 e. The number of nitrogens with two attached hydrogens (primary N) is 1. The molecule has 0 bridgehead atoms. The highest BCUT2D eigenvalue weighted by atomic mass is 79.9. The highest BCUT2D eigenvalue weighted by Crippen LogP contribution is 2.30. The molecule has 1 heterocycles. The lowest BCUT2D eigenvalue weighted by molar-refractivity contribution is 0.944. The van der Waals surface area contributed by atoms with Crippen LogP contribution in [0.3, 0.4) is 0 Å². The Bertz CT molecular complexity index is 471. The summed E-state index contributed by atoms with van der Waals surface area (Å²) in [5, 5.41) is 0. The first kappa shape index (κ1) is 11.6. The zero-order chi connectivity index (χ0) is 11.4. The topological polar surface area (TPSA) is 38.9 Å². The molecule has 2 nitrogen and oxygen atoms in total. The van der Waals surface area contributed by atoms with Crippen molar-refractivity contribution < 1.29 is 0 Å². The summed E-state index contributed by atoms with van der Waals surface area (Å²) in [4.78, 5) is 6.56. The summed E-state index contributed by atoms with van der Waals surface area (Å²) in [6.07, 6.45) is 1.77. The number of benzene rings is 1. The van der Waals surface area contributed by atoms with Crippen LogP contribution in [0.25, 0.3) is 0 Å². The minimum atomic E-state index is 0.472. The van der Waals surface area contributed by atoms with E-state index in [-0.39, 0.29) is 0 Å². The first-order valence-corrected chi connectivity index (χ1v) is 6.48. The molecule has 82 valence electrons. The van der Waals surface area contributed by atoms with Gasteiger partial charge in [-0.2, -0.15) is 0 Å². The van der Waals surface area contributed by atoms with Crippen LogP contribution in [0.4, 0.5) is 0 Å². The van der Waals surface area contributed by atoms with Gasteiger partial charge in [0.2, 0.25) is 0 Å². The van der Waals surface area contributed by atoms with Gasteiger partial charge in [0.15, 0.2) is 0 Å². The summed E-state index contributed by atoms with van der Waals surface area (Å²) in [6.45, 7) is 0.472.